The van der Waals surface area contributed by atoms with Crippen LogP contribution >= 0.6 is 0 Å². The van der Waals surface area contributed by atoms with Gasteiger partial charge in [0, 0.05) is 24.2 Å². The number of alkyl carbamates (subject to hydrolysis) is 1. The Bertz CT molecular complexity index is 2470. The average Bonchev–Trinajstić information content (AvgIpc) is 4.11. The van der Waals surface area contributed by atoms with Crippen LogP contribution in [0.4, 0.5) is 9.59 Å². The highest BCUT2D eigenvalue weighted by atomic mass is 16.5. The molecule has 0 bridgehead atoms. The van der Waals surface area contributed by atoms with Crippen molar-refractivity contribution in [2.24, 2.45) is 5.92 Å². The molecule has 7 rings (SSSR count). The molecule has 4 atom stereocenters. The largest absolute Gasteiger partial charge is 0.465 e. The van der Waals surface area contributed by atoms with Crippen LogP contribution in [0.1, 0.15) is 86.1 Å². The van der Waals surface area contributed by atoms with E-state index in [9.17, 15) is 24.3 Å². The van der Waals surface area contributed by atoms with Gasteiger partial charge in [0.2, 0.25) is 5.91 Å². The number of likely N-dealkylation sites (tertiary alicyclic amines) is 2. The first-order chi connectivity index (χ1) is 29.1. The highest BCUT2D eigenvalue weighted by Gasteiger charge is 2.38. The Morgan fingerprint density at radius 3 is 2.08 bits per heavy atom. The summed E-state index contributed by atoms with van der Waals surface area (Å²) < 4.78 is 4.81. The molecule has 5 aromatic rings. The van der Waals surface area contributed by atoms with Crippen LogP contribution < -0.4 is 10.6 Å². The van der Waals surface area contributed by atoms with E-state index in [1.54, 1.807) is 34.3 Å². The molecule has 2 saturated heterocycles. The maximum Gasteiger partial charge on any atom is 0.407 e. The fourth-order valence-corrected chi connectivity index (χ4v) is 7.83. The number of carboxylic acid groups (broad SMARTS) is 1. The number of hydrogen-bond acceptors (Lipinski definition) is 7. The summed E-state index contributed by atoms with van der Waals surface area (Å²) >= 11 is 0. The Balaban J connectivity index is 1.08. The number of amides is 4. The van der Waals surface area contributed by atoms with Gasteiger partial charge in [-0.1, -0.05) is 86.5 Å². The molecule has 2 aliphatic rings. The van der Waals surface area contributed by atoms with E-state index in [0.717, 1.165) is 40.8 Å². The third-order valence-corrected chi connectivity index (χ3v) is 10.8. The van der Waals surface area contributed by atoms with Crippen molar-refractivity contribution in [3.05, 3.63) is 120 Å². The van der Waals surface area contributed by atoms with Crippen LogP contribution in [0.5, 0.6) is 0 Å². The maximum atomic E-state index is 13.9. The van der Waals surface area contributed by atoms with Crippen LogP contribution in [0.3, 0.4) is 0 Å². The number of carbonyl (C=O) groups excluding carboxylic acids is 3. The molecule has 14 heteroatoms. The Morgan fingerprint density at radius 1 is 0.783 bits per heavy atom. The summed E-state index contributed by atoms with van der Waals surface area (Å²) in [5.74, 6) is 12.7. The van der Waals surface area contributed by atoms with Gasteiger partial charge in [-0.25, -0.2) is 19.6 Å². The lowest BCUT2D eigenvalue weighted by Crippen LogP contribution is -2.50. The second-order valence-corrected chi connectivity index (χ2v) is 15.0. The van der Waals surface area contributed by atoms with Crippen molar-refractivity contribution in [1.82, 2.24) is 40.4 Å². The topological polar surface area (TPSA) is 186 Å². The first-order valence-corrected chi connectivity index (χ1v) is 19.9. The highest BCUT2D eigenvalue weighted by molar-refractivity contribution is 5.88. The monoisotopic (exact) mass is 806 g/mol. The number of aromatic nitrogens is 4. The van der Waals surface area contributed by atoms with Crippen LogP contribution in [0, 0.1) is 29.6 Å². The van der Waals surface area contributed by atoms with Crippen LogP contribution in [0.25, 0.3) is 22.4 Å². The Hall–Kier alpha value is -7.32. The van der Waals surface area contributed by atoms with E-state index in [0.29, 0.717) is 48.8 Å². The van der Waals surface area contributed by atoms with Crippen LogP contribution in [0.15, 0.2) is 91.3 Å². The molecule has 0 aliphatic carbocycles. The standard InChI is InChI=1S/C46H46N8O6/c1-29(2)39(51-45(57)58)43(55)53-24-13-21-38(53)42-48-28-36(50-42)33-23-22-31(35(26-33)30-14-6-4-7-15-30)16-10-11-19-34-27-47-41(49-34)37-20-12-25-54(37)44(56)40(52-46(59)60-3)32-17-8-5-9-18-32/h4-9,14-15,17-18,22-23,26-29,37-40,51H,12-13,20-21,24-25H2,1-3H3,(H,47,49)(H,48,50)(H,52,59)(H,57,58)/t37-,38-,39-,40-/m0/s1. The van der Waals surface area contributed by atoms with Gasteiger partial charge in [-0.15, -0.1) is 0 Å². The van der Waals surface area contributed by atoms with Crippen molar-refractivity contribution in [3.8, 4) is 46.1 Å². The molecule has 2 aromatic heterocycles. The van der Waals surface area contributed by atoms with Gasteiger partial charge in [0.1, 0.15) is 29.4 Å². The number of carbonyl (C=O) groups is 4. The van der Waals surface area contributed by atoms with Crippen LogP contribution in [-0.4, -0.2) is 85.1 Å². The number of nitrogens with one attached hydrogen (secondary N) is 4. The van der Waals surface area contributed by atoms with E-state index < -0.39 is 24.3 Å². The Morgan fingerprint density at radius 2 is 1.42 bits per heavy atom. The smallest absolute Gasteiger partial charge is 0.407 e. The second kappa shape index (κ2) is 18.5. The minimum absolute atomic E-state index is 0.213. The summed E-state index contributed by atoms with van der Waals surface area (Å²) in [7, 11) is 1.26. The molecule has 0 unspecified atom stereocenters. The quantitative estimate of drug-likeness (QED) is 0.0980. The third kappa shape index (κ3) is 9.19. The predicted molar refractivity (Wildman–Crippen MR) is 224 cm³/mol. The van der Waals surface area contributed by atoms with E-state index >= 15 is 0 Å². The number of nitrogens with zero attached hydrogens (tertiary/aromatic N) is 4. The van der Waals surface area contributed by atoms with Crippen LogP contribution in [-0.2, 0) is 14.3 Å². The normalized spacial score (nSPS) is 16.9. The van der Waals surface area contributed by atoms with Gasteiger partial charge >= 0.3 is 12.2 Å². The van der Waals surface area contributed by atoms with Gasteiger partial charge in [-0.05, 0) is 78.2 Å². The van der Waals surface area contributed by atoms with E-state index in [1.807, 2.05) is 80.6 Å². The van der Waals surface area contributed by atoms with Crippen molar-refractivity contribution in [1.29, 1.82) is 0 Å². The second-order valence-electron chi connectivity index (χ2n) is 15.0. The first kappa shape index (κ1) is 40.9. The number of hydrogen-bond donors (Lipinski definition) is 5. The zero-order valence-electron chi connectivity index (χ0n) is 33.6. The minimum Gasteiger partial charge on any atom is -0.465 e. The molecule has 2 aliphatic heterocycles. The molecule has 2 fully saturated rings. The molecule has 0 spiro atoms. The Kier molecular flexibility index (Phi) is 12.6. The third-order valence-electron chi connectivity index (χ3n) is 10.8. The van der Waals surface area contributed by atoms with E-state index in [4.69, 9.17) is 4.74 Å². The fraction of sp³-hybridized carbons (Fsp3) is 0.304. The molecule has 306 valence electrons. The zero-order valence-corrected chi connectivity index (χ0v) is 33.6. The van der Waals surface area contributed by atoms with Crippen LogP contribution in [0.2, 0.25) is 0 Å². The lowest BCUT2D eigenvalue weighted by Gasteiger charge is -2.29. The molecule has 0 saturated carbocycles. The van der Waals surface area contributed by atoms with E-state index in [-0.39, 0.29) is 29.8 Å². The summed E-state index contributed by atoms with van der Waals surface area (Å²) in [6.45, 7) is 4.68. The van der Waals surface area contributed by atoms with Crippen molar-refractivity contribution in [3.63, 3.8) is 0 Å². The van der Waals surface area contributed by atoms with E-state index in [1.165, 1.54) is 7.11 Å². The van der Waals surface area contributed by atoms with E-state index in [2.05, 4.69) is 54.3 Å². The summed E-state index contributed by atoms with van der Waals surface area (Å²) in [5.41, 5.74) is 5.52. The zero-order chi connectivity index (χ0) is 42.2. The summed E-state index contributed by atoms with van der Waals surface area (Å²) in [4.78, 5) is 70.4. The van der Waals surface area contributed by atoms with Gasteiger partial charge in [0.25, 0.3) is 5.91 Å². The predicted octanol–water partition coefficient (Wildman–Crippen LogP) is 6.59. The van der Waals surface area contributed by atoms with Gasteiger partial charge in [0.15, 0.2) is 0 Å². The number of benzene rings is 3. The van der Waals surface area contributed by atoms with Crippen molar-refractivity contribution in [2.45, 2.75) is 63.7 Å². The van der Waals surface area contributed by atoms with Gasteiger partial charge in [0.05, 0.1) is 37.3 Å². The molecular weight excluding hydrogens is 761 g/mol. The minimum atomic E-state index is -1.23. The number of ether oxygens (including phenoxy) is 1. The van der Waals surface area contributed by atoms with Gasteiger partial charge < -0.3 is 40.2 Å². The van der Waals surface area contributed by atoms with Crippen molar-refractivity contribution >= 4 is 24.0 Å². The fourth-order valence-electron chi connectivity index (χ4n) is 7.83. The summed E-state index contributed by atoms with van der Waals surface area (Å²) in [6, 6.07) is 22.6. The number of aromatic amines is 2. The number of rotatable bonds is 10. The number of H-pyrrole nitrogens is 2. The summed E-state index contributed by atoms with van der Waals surface area (Å²) in [6.07, 6.45) is 4.44. The molecule has 14 nitrogen and oxygen atoms in total. The molecule has 0 radical (unpaired) electrons. The Labute approximate surface area is 348 Å². The summed E-state index contributed by atoms with van der Waals surface area (Å²) in [5, 5.41) is 14.4. The lowest BCUT2D eigenvalue weighted by molar-refractivity contribution is -0.135. The van der Waals surface area contributed by atoms with Gasteiger partial charge in [-0.3, -0.25) is 9.59 Å². The molecule has 4 amide bonds. The maximum absolute atomic E-state index is 13.9. The molecule has 5 N–H and O–H groups in total. The molecule has 3 aromatic carbocycles. The number of methoxy groups -OCH3 is 1. The molecule has 4 heterocycles. The average molecular weight is 807 g/mol. The lowest BCUT2D eigenvalue weighted by atomic mass is 9.96. The SMILES string of the molecule is COC(=O)N[C@H](C(=O)N1CCC[C@H]1c1ncc(C#CC#Cc2ccc(-c3cnc([C@@H]4CCCN4C(=O)[C@@H](NC(=O)O)C(C)C)[nH]3)cc2-c2ccccc2)[nH]1)c1ccccc1. The first-order valence-electron chi connectivity index (χ1n) is 19.9. The highest BCUT2D eigenvalue weighted by Crippen LogP contribution is 2.35. The van der Waals surface area contributed by atoms with Crippen molar-refractivity contribution in [2.75, 3.05) is 20.2 Å². The van der Waals surface area contributed by atoms with Crippen molar-refractivity contribution < 1.29 is 29.0 Å². The van der Waals surface area contributed by atoms with Gasteiger partial charge in [-0.2, -0.15) is 0 Å². The molecular formula is C46H46N8O6. The molecule has 60 heavy (non-hydrogen) atoms. The number of imidazole rings is 2.